The predicted octanol–water partition coefficient (Wildman–Crippen LogP) is 4.32. The van der Waals surface area contributed by atoms with Gasteiger partial charge in [0.25, 0.3) is 0 Å². The summed E-state index contributed by atoms with van der Waals surface area (Å²) >= 11 is 0. The second-order valence-corrected chi connectivity index (χ2v) is 4.66. The molecule has 0 fully saturated rings. The van der Waals surface area contributed by atoms with Gasteiger partial charge in [-0.25, -0.2) is 4.39 Å². The van der Waals surface area contributed by atoms with Crippen molar-refractivity contribution in [2.75, 3.05) is 12.4 Å². The molecule has 1 unspecified atom stereocenters. The van der Waals surface area contributed by atoms with Crippen LogP contribution in [0.2, 0.25) is 0 Å². The summed E-state index contributed by atoms with van der Waals surface area (Å²) in [6.45, 7) is 3.92. The monoisotopic (exact) mass is 259 g/mol. The third-order valence-corrected chi connectivity index (χ3v) is 3.02. The number of nitrogens with one attached hydrogen (secondary N) is 1. The van der Waals surface area contributed by atoms with Crippen LogP contribution in [0.5, 0.6) is 5.75 Å². The molecule has 1 atom stereocenters. The van der Waals surface area contributed by atoms with Gasteiger partial charge >= 0.3 is 0 Å². The lowest BCUT2D eigenvalue weighted by Gasteiger charge is -2.17. The Kier molecular flexibility index (Phi) is 4.05. The molecule has 1 N–H and O–H groups in total. The van der Waals surface area contributed by atoms with Crippen molar-refractivity contribution in [2.45, 2.75) is 19.9 Å². The minimum absolute atomic E-state index is 0.0799. The highest BCUT2D eigenvalue weighted by atomic mass is 19.1. The summed E-state index contributed by atoms with van der Waals surface area (Å²) in [6, 6.07) is 12.9. The number of ether oxygens (including phenoxy) is 1. The van der Waals surface area contributed by atoms with E-state index in [4.69, 9.17) is 4.74 Å². The Morgan fingerprint density at radius 2 is 1.95 bits per heavy atom. The van der Waals surface area contributed by atoms with Crippen LogP contribution in [-0.2, 0) is 0 Å². The van der Waals surface area contributed by atoms with Crippen LogP contribution in [0, 0.1) is 12.7 Å². The third kappa shape index (κ3) is 3.47. The summed E-state index contributed by atoms with van der Waals surface area (Å²) in [6.07, 6.45) is 0. The number of methoxy groups -OCH3 is 1. The third-order valence-electron chi connectivity index (χ3n) is 3.02. The first kappa shape index (κ1) is 13.4. The van der Waals surface area contributed by atoms with Gasteiger partial charge in [0.2, 0.25) is 0 Å². The molecule has 0 heterocycles. The molecule has 0 amide bonds. The Morgan fingerprint density at radius 3 is 2.63 bits per heavy atom. The summed E-state index contributed by atoms with van der Waals surface area (Å²) in [5.41, 5.74) is 2.79. The van der Waals surface area contributed by atoms with Crippen LogP contribution in [-0.4, -0.2) is 7.11 Å². The van der Waals surface area contributed by atoms with Crippen LogP contribution in [0.25, 0.3) is 0 Å². The maximum atomic E-state index is 13.3. The number of hydrogen-bond acceptors (Lipinski definition) is 2. The van der Waals surface area contributed by atoms with Gasteiger partial charge in [0.05, 0.1) is 7.11 Å². The highest BCUT2D eigenvalue weighted by Crippen LogP contribution is 2.23. The lowest BCUT2D eigenvalue weighted by atomic mass is 10.1. The summed E-state index contributed by atoms with van der Waals surface area (Å²) in [5, 5.41) is 3.30. The maximum absolute atomic E-state index is 13.3. The molecule has 0 aliphatic rings. The highest BCUT2D eigenvalue weighted by Gasteiger charge is 2.07. The molecule has 0 aliphatic heterocycles. The van der Waals surface area contributed by atoms with E-state index in [0.717, 1.165) is 22.6 Å². The number of rotatable bonds is 4. The molecule has 100 valence electrons. The van der Waals surface area contributed by atoms with E-state index in [-0.39, 0.29) is 11.9 Å². The number of aryl methyl sites for hydroxylation is 1. The van der Waals surface area contributed by atoms with Crippen LogP contribution in [0.1, 0.15) is 24.1 Å². The SMILES string of the molecule is COc1cccc(C(C)Nc2cc(C)cc(F)c2)c1. The first-order valence-corrected chi connectivity index (χ1v) is 6.26. The number of benzene rings is 2. The first-order chi connectivity index (χ1) is 9.08. The molecule has 19 heavy (non-hydrogen) atoms. The Labute approximate surface area is 113 Å². The first-order valence-electron chi connectivity index (χ1n) is 6.26. The number of anilines is 1. The van der Waals surface area contributed by atoms with Gasteiger partial charge in [0.1, 0.15) is 11.6 Å². The molecular formula is C16H18FNO. The summed E-state index contributed by atoms with van der Waals surface area (Å²) in [5.74, 6) is 0.599. The lowest BCUT2D eigenvalue weighted by molar-refractivity contribution is 0.414. The van der Waals surface area contributed by atoms with Gasteiger partial charge in [-0.2, -0.15) is 0 Å². The minimum Gasteiger partial charge on any atom is -0.497 e. The van der Waals surface area contributed by atoms with Gasteiger partial charge in [-0.05, 0) is 55.3 Å². The van der Waals surface area contributed by atoms with E-state index in [0.29, 0.717) is 0 Å². The predicted molar refractivity (Wildman–Crippen MR) is 76.2 cm³/mol. The van der Waals surface area contributed by atoms with Gasteiger partial charge < -0.3 is 10.1 Å². The molecular weight excluding hydrogens is 241 g/mol. The van der Waals surface area contributed by atoms with Gasteiger partial charge in [-0.15, -0.1) is 0 Å². The van der Waals surface area contributed by atoms with Crippen LogP contribution >= 0.6 is 0 Å². The van der Waals surface area contributed by atoms with Crippen LogP contribution in [0.3, 0.4) is 0 Å². The van der Waals surface area contributed by atoms with E-state index in [9.17, 15) is 4.39 Å². The number of hydrogen-bond donors (Lipinski definition) is 1. The van der Waals surface area contributed by atoms with Crippen molar-refractivity contribution < 1.29 is 9.13 Å². The Hall–Kier alpha value is -2.03. The summed E-state index contributed by atoms with van der Waals surface area (Å²) < 4.78 is 18.5. The van der Waals surface area contributed by atoms with E-state index >= 15 is 0 Å². The minimum atomic E-state index is -0.222. The van der Waals surface area contributed by atoms with E-state index in [1.807, 2.05) is 44.2 Å². The van der Waals surface area contributed by atoms with Gasteiger partial charge in [-0.1, -0.05) is 12.1 Å². The van der Waals surface area contributed by atoms with E-state index < -0.39 is 0 Å². The Balaban J connectivity index is 2.17. The highest BCUT2D eigenvalue weighted by molar-refractivity contribution is 5.48. The van der Waals surface area contributed by atoms with Crippen LogP contribution < -0.4 is 10.1 Å². The standard InChI is InChI=1S/C16H18FNO/c1-11-7-14(17)10-15(8-11)18-12(2)13-5-4-6-16(9-13)19-3/h4-10,12,18H,1-3H3. The second kappa shape index (κ2) is 5.74. The van der Waals surface area contributed by atoms with Crippen molar-refractivity contribution in [3.8, 4) is 5.75 Å². The average molecular weight is 259 g/mol. The fourth-order valence-corrected chi connectivity index (χ4v) is 2.06. The lowest BCUT2D eigenvalue weighted by Crippen LogP contribution is -2.07. The van der Waals surface area contributed by atoms with Crippen molar-refractivity contribution in [3.63, 3.8) is 0 Å². The molecule has 2 aromatic rings. The molecule has 0 saturated heterocycles. The van der Waals surface area contributed by atoms with Crippen LogP contribution in [0.15, 0.2) is 42.5 Å². The molecule has 2 rings (SSSR count). The zero-order chi connectivity index (χ0) is 13.8. The fourth-order valence-electron chi connectivity index (χ4n) is 2.06. The van der Waals surface area contributed by atoms with Crippen LogP contribution in [0.4, 0.5) is 10.1 Å². The van der Waals surface area contributed by atoms with Crippen molar-refractivity contribution in [2.24, 2.45) is 0 Å². The molecule has 0 saturated carbocycles. The summed E-state index contributed by atoms with van der Waals surface area (Å²) in [4.78, 5) is 0. The van der Waals surface area contributed by atoms with Crippen molar-refractivity contribution in [3.05, 3.63) is 59.4 Å². The molecule has 2 aromatic carbocycles. The molecule has 0 aromatic heterocycles. The molecule has 3 heteroatoms. The Morgan fingerprint density at radius 1 is 1.16 bits per heavy atom. The van der Waals surface area contributed by atoms with Gasteiger partial charge in [-0.3, -0.25) is 0 Å². The zero-order valence-corrected chi connectivity index (χ0v) is 11.4. The maximum Gasteiger partial charge on any atom is 0.125 e. The topological polar surface area (TPSA) is 21.3 Å². The van der Waals surface area contributed by atoms with Crippen molar-refractivity contribution in [1.82, 2.24) is 0 Å². The largest absolute Gasteiger partial charge is 0.497 e. The smallest absolute Gasteiger partial charge is 0.125 e. The van der Waals surface area contributed by atoms with E-state index in [2.05, 4.69) is 5.32 Å². The van der Waals surface area contributed by atoms with E-state index in [1.165, 1.54) is 12.1 Å². The molecule has 0 radical (unpaired) electrons. The molecule has 0 aliphatic carbocycles. The Bertz CT molecular complexity index is 548. The number of halogens is 1. The van der Waals surface area contributed by atoms with Crippen molar-refractivity contribution >= 4 is 5.69 Å². The average Bonchev–Trinajstić information content (AvgIpc) is 2.37. The van der Waals surface area contributed by atoms with Crippen molar-refractivity contribution in [1.29, 1.82) is 0 Å². The molecule has 0 bridgehead atoms. The summed E-state index contributed by atoms with van der Waals surface area (Å²) in [7, 11) is 1.65. The molecule has 0 spiro atoms. The second-order valence-electron chi connectivity index (χ2n) is 4.66. The van der Waals surface area contributed by atoms with Gasteiger partial charge in [0, 0.05) is 11.7 Å². The fraction of sp³-hybridized carbons (Fsp3) is 0.250. The zero-order valence-electron chi connectivity index (χ0n) is 11.4. The molecule has 2 nitrogen and oxygen atoms in total. The normalized spacial score (nSPS) is 12.0. The van der Waals surface area contributed by atoms with E-state index in [1.54, 1.807) is 7.11 Å². The quantitative estimate of drug-likeness (QED) is 0.883. The van der Waals surface area contributed by atoms with Gasteiger partial charge in [0.15, 0.2) is 0 Å².